The van der Waals surface area contributed by atoms with Crippen molar-refractivity contribution in [1.82, 2.24) is 4.98 Å². The van der Waals surface area contributed by atoms with Gasteiger partial charge in [0.2, 0.25) is 5.88 Å². The second-order valence-electron chi connectivity index (χ2n) is 4.03. The highest BCUT2D eigenvalue weighted by atomic mass is 79.9. The molecule has 0 fully saturated rings. The van der Waals surface area contributed by atoms with E-state index in [-0.39, 0.29) is 5.91 Å². The predicted molar refractivity (Wildman–Crippen MR) is 77.6 cm³/mol. The number of hydrogen-bond donors (Lipinski definition) is 1. The summed E-state index contributed by atoms with van der Waals surface area (Å²) in [5, 5.41) is 2.79. The van der Waals surface area contributed by atoms with Gasteiger partial charge in [-0.15, -0.1) is 0 Å². The molecule has 98 valence electrons. The first-order valence-corrected chi connectivity index (χ1v) is 6.47. The van der Waals surface area contributed by atoms with Gasteiger partial charge in [0.15, 0.2) is 0 Å². The van der Waals surface area contributed by atoms with E-state index in [1.807, 2.05) is 25.1 Å². The first kappa shape index (κ1) is 13.5. The van der Waals surface area contributed by atoms with Crippen LogP contribution in [-0.2, 0) is 0 Å². The molecular formula is C14H13BrN2O2. The topological polar surface area (TPSA) is 51.2 Å². The lowest BCUT2D eigenvalue weighted by atomic mass is 10.1. The Bertz CT molecular complexity index is 597. The Morgan fingerprint density at radius 1 is 1.32 bits per heavy atom. The summed E-state index contributed by atoms with van der Waals surface area (Å²) < 4.78 is 5.72. The molecule has 5 heteroatoms. The van der Waals surface area contributed by atoms with Gasteiger partial charge in [0.1, 0.15) is 0 Å². The van der Waals surface area contributed by atoms with Gasteiger partial charge >= 0.3 is 0 Å². The minimum absolute atomic E-state index is 0.178. The number of benzene rings is 1. The van der Waals surface area contributed by atoms with E-state index in [1.54, 1.807) is 25.4 Å². The molecule has 0 atom stereocenters. The van der Waals surface area contributed by atoms with Gasteiger partial charge in [-0.05, 0) is 41.1 Å². The van der Waals surface area contributed by atoms with E-state index in [4.69, 9.17) is 4.74 Å². The van der Waals surface area contributed by atoms with Crippen LogP contribution in [-0.4, -0.2) is 18.0 Å². The summed E-state index contributed by atoms with van der Waals surface area (Å²) in [5.74, 6) is 0.331. The zero-order valence-corrected chi connectivity index (χ0v) is 12.2. The van der Waals surface area contributed by atoms with Crippen LogP contribution in [0.5, 0.6) is 5.88 Å². The first-order valence-electron chi connectivity index (χ1n) is 5.67. The summed E-state index contributed by atoms with van der Waals surface area (Å²) >= 11 is 3.37. The number of aryl methyl sites for hydroxylation is 1. The van der Waals surface area contributed by atoms with Crippen LogP contribution in [0.25, 0.3) is 0 Å². The average molecular weight is 321 g/mol. The van der Waals surface area contributed by atoms with E-state index >= 15 is 0 Å². The molecule has 1 aromatic carbocycles. The van der Waals surface area contributed by atoms with Gasteiger partial charge in [0.05, 0.1) is 24.6 Å². The number of methoxy groups -OCH3 is 1. The highest BCUT2D eigenvalue weighted by molar-refractivity contribution is 9.10. The largest absolute Gasteiger partial charge is 0.481 e. The van der Waals surface area contributed by atoms with Crippen LogP contribution >= 0.6 is 15.9 Å². The standard InChI is InChI=1S/C14H13BrN2O2/c1-9-3-5-12(15)11(7-9)14(18)17-10-4-6-13(19-2)16-8-10/h3-8H,1-2H3,(H,17,18). The van der Waals surface area contributed by atoms with E-state index in [2.05, 4.69) is 26.2 Å². The lowest BCUT2D eigenvalue weighted by Crippen LogP contribution is -2.13. The van der Waals surface area contributed by atoms with Crippen LogP contribution in [0.15, 0.2) is 41.0 Å². The second kappa shape index (κ2) is 5.84. The third-order valence-electron chi connectivity index (χ3n) is 2.57. The quantitative estimate of drug-likeness (QED) is 0.942. The number of ether oxygens (including phenoxy) is 1. The number of carbonyl (C=O) groups excluding carboxylic acids is 1. The monoisotopic (exact) mass is 320 g/mol. The Morgan fingerprint density at radius 3 is 2.74 bits per heavy atom. The summed E-state index contributed by atoms with van der Waals surface area (Å²) in [6.07, 6.45) is 1.56. The molecule has 1 aromatic heterocycles. The van der Waals surface area contributed by atoms with Gasteiger partial charge < -0.3 is 10.1 Å². The summed E-state index contributed by atoms with van der Waals surface area (Å²) in [4.78, 5) is 16.2. The smallest absolute Gasteiger partial charge is 0.256 e. The SMILES string of the molecule is COc1ccc(NC(=O)c2cc(C)ccc2Br)cn1. The van der Waals surface area contributed by atoms with E-state index in [9.17, 15) is 4.79 Å². The second-order valence-corrected chi connectivity index (χ2v) is 4.88. The van der Waals surface area contributed by atoms with Crippen molar-refractivity contribution in [3.05, 3.63) is 52.1 Å². The van der Waals surface area contributed by atoms with Gasteiger partial charge in [-0.3, -0.25) is 4.79 Å². The lowest BCUT2D eigenvalue weighted by molar-refractivity contribution is 0.102. The molecule has 1 heterocycles. The number of carbonyl (C=O) groups is 1. The fourth-order valence-electron chi connectivity index (χ4n) is 1.59. The lowest BCUT2D eigenvalue weighted by Gasteiger charge is -2.08. The predicted octanol–water partition coefficient (Wildman–Crippen LogP) is 3.41. The van der Waals surface area contributed by atoms with Crippen LogP contribution in [0, 0.1) is 6.92 Å². The maximum Gasteiger partial charge on any atom is 0.256 e. The summed E-state index contributed by atoms with van der Waals surface area (Å²) in [5.41, 5.74) is 2.25. The molecular weight excluding hydrogens is 308 g/mol. The molecule has 2 rings (SSSR count). The molecule has 0 saturated carbocycles. The molecule has 0 bridgehead atoms. The number of nitrogens with one attached hydrogen (secondary N) is 1. The number of aromatic nitrogens is 1. The molecule has 0 unspecified atom stereocenters. The van der Waals surface area contributed by atoms with Crippen molar-refractivity contribution >= 4 is 27.5 Å². The molecule has 1 N–H and O–H groups in total. The van der Waals surface area contributed by atoms with Gasteiger partial charge in [-0.1, -0.05) is 11.6 Å². The van der Waals surface area contributed by atoms with Crippen molar-refractivity contribution in [2.45, 2.75) is 6.92 Å². The summed E-state index contributed by atoms with van der Waals surface area (Å²) in [6, 6.07) is 9.07. The summed E-state index contributed by atoms with van der Waals surface area (Å²) in [6.45, 7) is 1.94. The number of hydrogen-bond acceptors (Lipinski definition) is 3. The number of amides is 1. The van der Waals surface area contributed by atoms with Crippen LogP contribution in [0.2, 0.25) is 0 Å². The van der Waals surface area contributed by atoms with E-state index in [1.165, 1.54) is 0 Å². The van der Waals surface area contributed by atoms with Crippen molar-refractivity contribution in [3.63, 3.8) is 0 Å². The van der Waals surface area contributed by atoms with Crippen LogP contribution in [0.3, 0.4) is 0 Å². The number of anilines is 1. The maximum atomic E-state index is 12.1. The highest BCUT2D eigenvalue weighted by Gasteiger charge is 2.10. The Labute approximate surface area is 119 Å². The fourth-order valence-corrected chi connectivity index (χ4v) is 2.01. The number of rotatable bonds is 3. The third-order valence-corrected chi connectivity index (χ3v) is 3.26. The zero-order chi connectivity index (χ0) is 13.8. The van der Waals surface area contributed by atoms with Gasteiger partial charge in [-0.25, -0.2) is 4.98 Å². The van der Waals surface area contributed by atoms with Crippen molar-refractivity contribution in [3.8, 4) is 5.88 Å². The van der Waals surface area contributed by atoms with Crippen molar-refractivity contribution < 1.29 is 9.53 Å². The Balaban J connectivity index is 2.18. The van der Waals surface area contributed by atoms with Gasteiger partial charge in [0, 0.05) is 10.5 Å². The Morgan fingerprint density at radius 2 is 2.11 bits per heavy atom. The minimum atomic E-state index is -0.178. The number of nitrogens with zero attached hydrogens (tertiary/aromatic N) is 1. The molecule has 2 aromatic rings. The van der Waals surface area contributed by atoms with E-state index in [0.29, 0.717) is 17.1 Å². The molecule has 0 aliphatic heterocycles. The van der Waals surface area contributed by atoms with Crippen molar-refractivity contribution in [2.75, 3.05) is 12.4 Å². The molecule has 4 nitrogen and oxygen atoms in total. The number of pyridine rings is 1. The Hall–Kier alpha value is -1.88. The molecule has 0 saturated heterocycles. The molecule has 0 spiro atoms. The summed E-state index contributed by atoms with van der Waals surface area (Å²) in [7, 11) is 1.55. The van der Waals surface area contributed by atoms with Crippen molar-refractivity contribution in [1.29, 1.82) is 0 Å². The van der Waals surface area contributed by atoms with E-state index < -0.39 is 0 Å². The molecule has 1 amide bonds. The molecule has 0 radical (unpaired) electrons. The van der Waals surface area contributed by atoms with E-state index in [0.717, 1.165) is 10.0 Å². The fraction of sp³-hybridized carbons (Fsp3) is 0.143. The van der Waals surface area contributed by atoms with Gasteiger partial charge in [-0.2, -0.15) is 0 Å². The van der Waals surface area contributed by atoms with Crippen LogP contribution in [0.1, 0.15) is 15.9 Å². The van der Waals surface area contributed by atoms with Gasteiger partial charge in [0.25, 0.3) is 5.91 Å². The van der Waals surface area contributed by atoms with Crippen LogP contribution < -0.4 is 10.1 Å². The van der Waals surface area contributed by atoms with Crippen molar-refractivity contribution in [2.24, 2.45) is 0 Å². The van der Waals surface area contributed by atoms with Crippen LogP contribution in [0.4, 0.5) is 5.69 Å². The molecule has 0 aliphatic carbocycles. The Kier molecular flexibility index (Phi) is 4.16. The minimum Gasteiger partial charge on any atom is -0.481 e. The third kappa shape index (κ3) is 3.32. The maximum absolute atomic E-state index is 12.1. The first-order chi connectivity index (χ1) is 9.10. The highest BCUT2D eigenvalue weighted by Crippen LogP contribution is 2.20. The normalized spacial score (nSPS) is 10.1. The molecule has 19 heavy (non-hydrogen) atoms. The average Bonchev–Trinajstić information content (AvgIpc) is 2.42. The number of halogens is 1. The zero-order valence-electron chi connectivity index (χ0n) is 10.6. The molecule has 0 aliphatic rings.